The van der Waals surface area contributed by atoms with Crippen molar-refractivity contribution in [3.05, 3.63) is 35.4 Å². The molecular weight excluding hydrogens is 266 g/mol. The third-order valence-corrected chi connectivity index (χ3v) is 3.85. The van der Waals surface area contributed by atoms with Crippen molar-refractivity contribution in [2.24, 2.45) is 0 Å². The van der Waals surface area contributed by atoms with Gasteiger partial charge in [0.05, 0.1) is 6.04 Å². The first kappa shape index (κ1) is 15.5. The number of nitrogens with one attached hydrogen (secondary N) is 2. The lowest BCUT2D eigenvalue weighted by Gasteiger charge is -2.27. The first-order valence-electron chi connectivity index (χ1n) is 7.41. The third-order valence-electron chi connectivity index (χ3n) is 3.85. The normalized spacial score (nSPS) is 18.1. The highest BCUT2D eigenvalue weighted by Gasteiger charge is 2.23. The van der Waals surface area contributed by atoms with Crippen molar-refractivity contribution in [2.75, 3.05) is 20.6 Å². The summed E-state index contributed by atoms with van der Waals surface area (Å²) < 4.78 is 0. The summed E-state index contributed by atoms with van der Waals surface area (Å²) >= 11 is 0. The van der Waals surface area contributed by atoms with Crippen LogP contribution in [0.4, 0.5) is 0 Å². The van der Waals surface area contributed by atoms with Crippen molar-refractivity contribution in [2.45, 2.75) is 31.8 Å². The van der Waals surface area contributed by atoms with Crippen LogP contribution in [0.1, 0.15) is 35.2 Å². The maximum Gasteiger partial charge on any atom is 0.251 e. The van der Waals surface area contributed by atoms with Gasteiger partial charge in [-0.2, -0.15) is 0 Å². The molecule has 1 aromatic carbocycles. The molecule has 1 heterocycles. The van der Waals surface area contributed by atoms with Crippen molar-refractivity contribution in [3.63, 3.8) is 0 Å². The molecule has 0 bridgehead atoms. The van der Waals surface area contributed by atoms with Crippen LogP contribution < -0.4 is 10.6 Å². The van der Waals surface area contributed by atoms with Gasteiger partial charge in [0.1, 0.15) is 0 Å². The Morgan fingerprint density at radius 2 is 2.00 bits per heavy atom. The van der Waals surface area contributed by atoms with Crippen LogP contribution in [-0.2, 0) is 11.3 Å². The van der Waals surface area contributed by atoms with E-state index in [4.69, 9.17) is 0 Å². The van der Waals surface area contributed by atoms with Gasteiger partial charge in [0, 0.05) is 26.2 Å². The van der Waals surface area contributed by atoms with Crippen LogP contribution >= 0.6 is 0 Å². The van der Waals surface area contributed by atoms with Gasteiger partial charge in [-0.1, -0.05) is 18.6 Å². The quantitative estimate of drug-likeness (QED) is 0.874. The van der Waals surface area contributed by atoms with Gasteiger partial charge in [-0.05, 0) is 37.1 Å². The largest absolute Gasteiger partial charge is 0.355 e. The summed E-state index contributed by atoms with van der Waals surface area (Å²) in [6.07, 6.45) is 3.17. The van der Waals surface area contributed by atoms with E-state index in [1.54, 1.807) is 24.1 Å². The van der Waals surface area contributed by atoms with Crippen molar-refractivity contribution in [3.8, 4) is 0 Å². The number of rotatable bonds is 4. The number of hydrogen-bond acceptors (Lipinski definition) is 3. The Morgan fingerprint density at radius 1 is 1.29 bits per heavy atom. The summed E-state index contributed by atoms with van der Waals surface area (Å²) in [7, 11) is 3.44. The average Bonchev–Trinajstić information content (AvgIpc) is 2.55. The van der Waals surface area contributed by atoms with Gasteiger partial charge < -0.3 is 15.5 Å². The number of nitrogens with zero attached hydrogens (tertiary/aromatic N) is 1. The molecular formula is C16H23N3O2. The fourth-order valence-electron chi connectivity index (χ4n) is 2.59. The highest BCUT2D eigenvalue weighted by molar-refractivity contribution is 5.93. The van der Waals surface area contributed by atoms with Gasteiger partial charge in [0.15, 0.2) is 0 Å². The smallest absolute Gasteiger partial charge is 0.251 e. The zero-order valence-corrected chi connectivity index (χ0v) is 12.7. The minimum absolute atomic E-state index is 0.0473. The summed E-state index contributed by atoms with van der Waals surface area (Å²) in [6, 6.07) is 7.30. The van der Waals surface area contributed by atoms with Gasteiger partial charge in [-0.3, -0.25) is 9.59 Å². The van der Waals surface area contributed by atoms with Crippen LogP contribution in [-0.4, -0.2) is 43.4 Å². The van der Waals surface area contributed by atoms with E-state index in [1.807, 2.05) is 19.2 Å². The molecule has 0 aromatic heterocycles. The predicted octanol–water partition coefficient (Wildman–Crippen LogP) is 1.15. The molecule has 0 radical (unpaired) electrons. The first-order chi connectivity index (χ1) is 10.1. The van der Waals surface area contributed by atoms with E-state index in [2.05, 4.69) is 10.6 Å². The molecule has 1 aliphatic rings. The van der Waals surface area contributed by atoms with Crippen LogP contribution in [0, 0.1) is 0 Å². The second-order valence-corrected chi connectivity index (χ2v) is 5.47. The lowest BCUT2D eigenvalue weighted by molar-refractivity contribution is -0.133. The predicted molar refractivity (Wildman–Crippen MR) is 81.9 cm³/mol. The molecule has 1 fully saturated rings. The Bertz CT molecular complexity index is 493. The summed E-state index contributed by atoms with van der Waals surface area (Å²) in [5, 5.41) is 5.86. The van der Waals surface area contributed by atoms with E-state index in [0.29, 0.717) is 12.1 Å². The van der Waals surface area contributed by atoms with Crippen molar-refractivity contribution in [1.29, 1.82) is 0 Å². The number of amides is 2. The third kappa shape index (κ3) is 4.04. The number of hydrogen-bond donors (Lipinski definition) is 2. The minimum Gasteiger partial charge on any atom is -0.355 e. The summed E-state index contributed by atoms with van der Waals surface area (Å²) in [4.78, 5) is 25.5. The number of benzene rings is 1. The van der Waals surface area contributed by atoms with E-state index in [9.17, 15) is 9.59 Å². The Kier molecular flexibility index (Phi) is 5.33. The lowest BCUT2D eigenvalue weighted by atomic mass is 10.0. The van der Waals surface area contributed by atoms with Crippen LogP contribution in [0.15, 0.2) is 24.3 Å². The molecule has 1 saturated heterocycles. The first-order valence-corrected chi connectivity index (χ1v) is 7.41. The lowest BCUT2D eigenvalue weighted by Crippen LogP contribution is -2.46. The minimum atomic E-state index is -0.0996. The molecule has 2 amide bonds. The molecule has 21 heavy (non-hydrogen) atoms. The summed E-state index contributed by atoms with van der Waals surface area (Å²) in [5.74, 6) is 0.0439. The number of carbonyl (C=O) groups excluding carboxylic acids is 2. The van der Waals surface area contributed by atoms with E-state index < -0.39 is 0 Å². The Morgan fingerprint density at radius 3 is 2.57 bits per heavy atom. The van der Waals surface area contributed by atoms with E-state index in [1.165, 1.54) is 0 Å². The molecule has 5 heteroatoms. The van der Waals surface area contributed by atoms with Gasteiger partial charge in [-0.25, -0.2) is 0 Å². The fraction of sp³-hybridized carbons (Fsp3) is 0.500. The standard InChI is InChI=1S/C16H23N3O2/c1-17-15(20)13-8-6-12(7-9-13)11-19(2)16(21)14-5-3-4-10-18-14/h6-9,14,18H,3-5,10-11H2,1-2H3,(H,17,20). The van der Waals surface area contributed by atoms with Crippen LogP contribution in [0.25, 0.3) is 0 Å². The van der Waals surface area contributed by atoms with Gasteiger partial charge in [-0.15, -0.1) is 0 Å². The monoisotopic (exact) mass is 289 g/mol. The molecule has 1 aliphatic heterocycles. The molecule has 5 nitrogen and oxygen atoms in total. The molecule has 2 N–H and O–H groups in total. The second-order valence-electron chi connectivity index (χ2n) is 5.47. The molecule has 114 valence electrons. The molecule has 1 aromatic rings. The molecule has 1 unspecified atom stereocenters. The van der Waals surface area contributed by atoms with Gasteiger partial charge in [0.25, 0.3) is 5.91 Å². The number of carbonyl (C=O) groups is 2. The van der Waals surface area contributed by atoms with Crippen LogP contribution in [0.3, 0.4) is 0 Å². The van der Waals surface area contributed by atoms with E-state index in [-0.39, 0.29) is 17.9 Å². The maximum absolute atomic E-state index is 12.3. The van der Waals surface area contributed by atoms with Crippen molar-refractivity contribution in [1.82, 2.24) is 15.5 Å². The van der Waals surface area contributed by atoms with Crippen LogP contribution in [0.2, 0.25) is 0 Å². The Balaban J connectivity index is 1.93. The Labute approximate surface area is 125 Å². The van der Waals surface area contributed by atoms with Gasteiger partial charge >= 0.3 is 0 Å². The average molecular weight is 289 g/mol. The molecule has 0 aliphatic carbocycles. The summed E-state index contributed by atoms with van der Waals surface area (Å²) in [5.41, 5.74) is 1.65. The van der Waals surface area contributed by atoms with E-state index >= 15 is 0 Å². The molecule has 1 atom stereocenters. The van der Waals surface area contributed by atoms with Crippen LogP contribution in [0.5, 0.6) is 0 Å². The number of piperidine rings is 1. The Hall–Kier alpha value is -1.88. The zero-order chi connectivity index (χ0) is 15.2. The second kappa shape index (κ2) is 7.22. The SMILES string of the molecule is CNC(=O)c1ccc(CN(C)C(=O)C2CCCCN2)cc1. The molecule has 0 saturated carbocycles. The number of likely N-dealkylation sites (N-methyl/N-ethyl adjacent to an activating group) is 1. The van der Waals surface area contributed by atoms with Crippen molar-refractivity contribution < 1.29 is 9.59 Å². The fourth-order valence-corrected chi connectivity index (χ4v) is 2.59. The summed E-state index contributed by atoms with van der Waals surface area (Å²) in [6.45, 7) is 1.48. The highest BCUT2D eigenvalue weighted by atomic mass is 16.2. The zero-order valence-electron chi connectivity index (χ0n) is 12.7. The van der Waals surface area contributed by atoms with Crippen molar-refractivity contribution >= 4 is 11.8 Å². The topological polar surface area (TPSA) is 61.4 Å². The van der Waals surface area contributed by atoms with E-state index in [0.717, 1.165) is 31.4 Å². The highest BCUT2D eigenvalue weighted by Crippen LogP contribution is 2.12. The molecule has 0 spiro atoms. The maximum atomic E-state index is 12.3. The molecule has 2 rings (SSSR count). The van der Waals surface area contributed by atoms with Gasteiger partial charge in [0.2, 0.25) is 5.91 Å².